The summed E-state index contributed by atoms with van der Waals surface area (Å²) in [4.78, 5) is 14.1. The van der Waals surface area contributed by atoms with Crippen molar-refractivity contribution in [1.82, 2.24) is 4.90 Å². The van der Waals surface area contributed by atoms with Crippen LogP contribution in [0.25, 0.3) is 0 Å². The van der Waals surface area contributed by atoms with Crippen LogP contribution in [0.3, 0.4) is 0 Å². The summed E-state index contributed by atoms with van der Waals surface area (Å²) in [5.74, 6) is 0.0558. The highest BCUT2D eigenvalue weighted by atomic mass is 16.3. The highest BCUT2D eigenvalue weighted by Gasteiger charge is 2.20. The fourth-order valence-electron chi connectivity index (χ4n) is 1.81. The first kappa shape index (κ1) is 13.7. The zero-order valence-corrected chi connectivity index (χ0v) is 10.4. The molecule has 17 heavy (non-hydrogen) atoms. The maximum Gasteiger partial charge on any atom is 0.179 e. The summed E-state index contributed by atoms with van der Waals surface area (Å²) in [6.07, 6.45) is 0. The average Bonchev–Trinajstić information content (AvgIpc) is 2.35. The molecule has 1 aromatic rings. The largest absolute Gasteiger partial charge is 0.399 e. The van der Waals surface area contributed by atoms with E-state index >= 15 is 0 Å². The molecule has 4 nitrogen and oxygen atoms in total. The predicted molar refractivity (Wildman–Crippen MR) is 69.0 cm³/mol. The van der Waals surface area contributed by atoms with E-state index < -0.39 is 0 Å². The number of nitrogen functional groups attached to an aromatic ring is 1. The Hall–Kier alpha value is -1.39. The third kappa shape index (κ3) is 3.54. The second kappa shape index (κ2) is 6.37. The molecule has 0 aromatic heterocycles. The first-order chi connectivity index (χ1) is 8.10. The molecular weight excluding hydrogens is 216 g/mol. The molecule has 0 amide bonds. The molecule has 94 valence electrons. The van der Waals surface area contributed by atoms with E-state index in [2.05, 4.69) is 0 Å². The molecular formula is C13H20N2O2. The van der Waals surface area contributed by atoms with E-state index in [0.29, 0.717) is 17.8 Å². The zero-order chi connectivity index (χ0) is 12.8. The van der Waals surface area contributed by atoms with Crippen molar-refractivity contribution in [3.8, 4) is 0 Å². The average molecular weight is 236 g/mol. The highest BCUT2D eigenvalue weighted by molar-refractivity contribution is 6.00. The molecule has 1 rings (SSSR count). The van der Waals surface area contributed by atoms with E-state index in [4.69, 9.17) is 10.8 Å². The molecule has 3 N–H and O–H groups in total. The predicted octanol–water partition coefficient (Wildman–Crippen LogP) is 1.15. The maximum absolute atomic E-state index is 12.2. The van der Waals surface area contributed by atoms with Crippen LogP contribution in [0.1, 0.15) is 24.2 Å². The number of nitrogens with zero attached hydrogens (tertiary/aromatic N) is 1. The quantitative estimate of drug-likeness (QED) is 0.574. The van der Waals surface area contributed by atoms with Gasteiger partial charge in [-0.3, -0.25) is 9.69 Å². The molecule has 0 radical (unpaired) electrons. The number of likely N-dealkylation sites (N-methyl/N-ethyl adjacent to an activating group) is 1. The second-order valence-corrected chi connectivity index (χ2v) is 4.01. The van der Waals surface area contributed by atoms with Gasteiger partial charge in [0.2, 0.25) is 0 Å². The molecule has 1 atom stereocenters. The van der Waals surface area contributed by atoms with Crippen molar-refractivity contribution < 1.29 is 9.90 Å². The summed E-state index contributed by atoms with van der Waals surface area (Å²) in [5, 5.41) is 8.94. The molecule has 0 bridgehead atoms. The molecule has 0 saturated carbocycles. The van der Waals surface area contributed by atoms with Crippen LogP contribution in [0.4, 0.5) is 5.69 Å². The Balaban J connectivity index is 2.77. The Kier molecular flexibility index (Phi) is 5.12. The SMILES string of the molecule is CCN(CCO)C(C)C(=O)c1ccc(N)cc1. The molecule has 0 saturated heterocycles. The van der Waals surface area contributed by atoms with E-state index in [0.717, 1.165) is 6.54 Å². The number of hydrogen-bond donors (Lipinski definition) is 2. The van der Waals surface area contributed by atoms with Crippen molar-refractivity contribution in [3.05, 3.63) is 29.8 Å². The van der Waals surface area contributed by atoms with Gasteiger partial charge in [-0.15, -0.1) is 0 Å². The van der Waals surface area contributed by atoms with E-state index in [1.54, 1.807) is 24.3 Å². The minimum absolute atomic E-state index is 0.0558. The number of anilines is 1. The minimum Gasteiger partial charge on any atom is -0.399 e. The summed E-state index contributed by atoms with van der Waals surface area (Å²) in [6.45, 7) is 5.15. The molecule has 4 heteroatoms. The number of rotatable bonds is 6. The number of carbonyl (C=O) groups excluding carboxylic acids is 1. The summed E-state index contributed by atoms with van der Waals surface area (Å²) in [7, 11) is 0. The van der Waals surface area contributed by atoms with Crippen molar-refractivity contribution >= 4 is 11.5 Å². The molecule has 0 aliphatic carbocycles. The van der Waals surface area contributed by atoms with Crippen LogP contribution in [-0.4, -0.2) is 41.5 Å². The monoisotopic (exact) mass is 236 g/mol. The number of nitrogens with two attached hydrogens (primary N) is 1. The lowest BCUT2D eigenvalue weighted by Gasteiger charge is -2.25. The fourth-order valence-corrected chi connectivity index (χ4v) is 1.81. The van der Waals surface area contributed by atoms with Crippen LogP contribution < -0.4 is 5.73 Å². The number of ketones is 1. The number of aliphatic hydroxyl groups excluding tert-OH is 1. The van der Waals surface area contributed by atoms with Crippen LogP contribution in [0, 0.1) is 0 Å². The van der Waals surface area contributed by atoms with Crippen molar-refractivity contribution in [3.63, 3.8) is 0 Å². The van der Waals surface area contributed by atoms with Crippen LogP contribution in [0.5, 0.6) is 0 Å². The van der Waals surface area contributed by atoms with E-state index in [9.17, 15) is 4.79 Å². The number of benzene rings is 1. The van der Waals surface area contributed by atoms with Crippen molar-refractivity contribution in [2.75, 3.05) is 25.4 Å². The van der Waals surface area contributed by atoms with Gasteiger partial charge < -0.3 is 10.8 Å². The number of aliphatic hydroxyl groups is 1. The van der Waals surface area contributed by atoms with Crippen LogP contribution in [0.2, 0.25) is 0 Å². The second-order valence-electron chi connectivity index (χ2n) is 4.01. The molecule has 0 aliphatic heterocycles. The Morgan fingerprint density at radius 1 is 1.41 bits per heavy atom. The molecule has 1 aromatic carbocycles. The van der Waals surface area contributed by atoms with Gasteiger partial charge >= 0.3 is 0 Å². The first-order valence-electron chi connectivity index (χ1n) is 5.84. The number of hydrogen-bond acceptors (Lipinski definition) is 4. The minimum atomic E-state index is -0.226. The van der Waals surface area contributed by atoms with Gasteiger partial charge in [-0.2, -0.15) is 0 Å². The topological polar surface area (TPSA) is 66.6 Å². The fraction of sp³-hybridized carbons (Fsp3) is 0.462. The first-order valence-corrected chi connectivity index (χ1v) is 5.84. The summed E-state index contributed by atoms with van der Waals surface area (Å²) < 4.78 is 0. The third-order valence-electron chi connectivity index (χ3n) is 2.92. The normalized spacial score (nSPS) is 12.7. The standard InChI is InChI=1S/C13H20N2O2/c1-3-15(8-9-16)10(2)13(17)11-4-6-12(14)7-5-11/h4-7,10,16H,3,8-9,14H2,1-2H3. The summed E-state index contributed by atoms with van der Waals surface area (Å²) in [5.41, 5.74) is 6.89. The molecule has 1 unspecified atom stereocenters. The van der Waals surface area contributed by atoms with Gasteiger partial charge in [-0.05, 0) is 37.7 Å². The van der Waals surface area contributed by atoms with Gasteiger partial charge in [0.25, 0.3) is 0 Å². The summed E-state index contributed by atoms with van der Waals surface area (Å²) in [6, 6.07) is 6.70. The molecule has 0 spiro atoms. The number of Topliss-reactive ketones (excluding diaryl/α,β-unsaturated/α-hetero) is 1. The molecule has 0 aliphatic rings. The van der Waals surface area contributed by atoms with Crippen LogP contribution in [0.15, 0.2) is 24.3 Å². The highest BCUT2D eigenvalue weighted by Crippen LogP contribution is 2.11. The lowest BCUT2D eigenvalue weighted by atomic mass is 10.0. The summed E-state index contributed by atoms with van der Waals surface area (Å²) >= 11 is 0. The Labute approximate surface area is 102 Å². The van der Waals surface area contributed by atoms with Gasteiger partial charge in [0.1, 0.15) is 0 Å². The van der Waals surface area contributed by atoms with Crippen molar-refractivity contribution in [2.45, 2.75) is 19.9 Å². The third-order valence-corrected chi connectivity index (χ3v) is 2.92. The lowest BCUT2D eigenvalue weighted by Crippen LogP contribution is -2.40. The molecule has 0 heterocycles. The van der Waals surface area contributed by atoms with Gasteiger partial charge in [0.05, 0.1) is 12.6 Å². The van der Waals surface area contributed by atoms with E-state index in [1.807, 2.05) is 18.7 Å². The lowest BCUT2D eigenvalue weighted by molar-refractivity contribution is 0.0817. The Morgan fingerprint density at radius 2 is 2.00 bits per heavy atom. The van der Waals surface area contributed by atoms with Gasteiger partial charge in [-0.25, -0.2) is 0 Å². The van der Waals surface area contributed by atoms with Crippen LogP contribution >= 0.6 is 0 Å². The Bertz CT molecular complexity index is 362. The molecule has 0 fully saturated rings. The van der Waals surface area contributed by atoms with Gasteiger partial charge in [0.15, 0.2) is 5.78 Å². The number of carbonyl (C=O) groups is 1. The van der Waals surface area contributed by atoms with Crippen molar-refractivity contribution in [1.29, 1.82) is 0 Å². The van der Waals surface area contributed by atoms with Gasteiger partial charge in [0, 0.05) is 17.8 Å². The van der Waals surface area contributed by atoms with E-state index in [1.165, 1.54) is 0 Å². The zero-order valence-electron chi connectivity index (χ0n) is 10.4. The maximum atomic E-state index is 12.2. The smallest absolute Gasteiger partial charge is 0.179 e. The Morgan fingerprint density at radius 3 is 2.47 bits per heavy atom. The van der Waals surface area contributed by atoms with Crippen LogP contribution in [-0.2, 0) is 0 Å². The van der Waals surface area contributed by atoms with E-state index in [-0.39, 0.29) is 18.4 Å². The van der Waals surface area contributed by atoms with Gasteiger partial charge in [-0.1, -0.05) is 6.92 Å². The van der Waals surface area contributed by atoms with Crippen molar-refractivity contribution in [2.24, 2.45) is 0 Å².